The highest BCUT2D eigenvalue weighted by molar-refractivity contribution is 7.86. The second-order valence-electron chi connectivity index (χ2n) is 4.67. The molecule has 0 fully saturated rings. The summed E-state index contributed by atoms with van der Waals surface area (Å²) >= 11 is 6.23. The van der Waals surface area contributed by atoms with Crippen molar-refractivity contribution in [2.24, 2.45) is 0 Å². The first-order chi connectivity index (χ1) is 8.59. The molecule has 0 amide bonds. The minimum absolute atomic E-state index is 0.0758. The first-order valence-electron chi connectivity index (χ1n) is 5.65. The van der Waals surface area contributed by atoms with Gasteiger partial charge in [0.1, 0.15) is 0 Å². The Hall–Kier alpha value is -0.660. The van der Waals surface area contributed by atoms with Gasteiger partial charge < -0.3 is 0 Å². The highest BCUT2D eigenvalue weighted by Crippen LogP contribution is 2.28. The average molecular weight is 307 g/mol. The van der Waals surface area contributed by atoms with Gasteiger partial charge in [0.2, 0.25) is 0 Å². The topological polar surface area (TPSA) is 49.9 Å². The maximum absolute atomic E-state index is 12.2. The van der Waals surface area contributed by atoms with E-state index in [0.717, 1.165) is 5.56 Å². The number of hydrogen-bond acceptors (Lipinski definition) is 5. The van der Waals surface area contributed by atoms with Gasteiger partial charge in [0, 0.05) is 0 Å². The van der Waals surface area contributed by atoms with Gasteiger partial charge in [-0.3, -0.25) is 9.80 Å². The summed E-state index contributed by atoms with van der Waals surface area (Å²) in [6.07, 6.45) is 0. The van der Waals surface area contributed by atoms with E-state index in [-0.39, 0.29) is 4.90 Å². The van der Waals surface area contributed by atoms with Crippen LogP contribution in [0.4, 0.5) is 0 Å². The zero-order valence-electron chi connectivity index (χ0n) is 11.7. The lowest BCUT2D eigenvalue weighted by Gasteiger charge is -2.37. The van der Waals surface area contributed by atoms with E-state index in [9.17, 15) is 8.42 Å². The van der Waals surface area contributed by atoms with E-state index < -0.39 is 15.4 Å². The van der Waals surface area contributed by atoms with E-state index in [1.807, 2.05) is 6.92 Å². The molecule has 0 aromatic heterocycles. The Morgan fingerprint density at radius 3 is 1.84 bits per heavy atom. The van der Waals surface area contributed by atoms with Gasteiger partial charge in [-0.15, -0.1) is 0 Å². The van der Waals surface area contributed by atoms with Crippen LogP contribution in [0.1, 0.15) is 5.56 Å². The second-order valence-corrected chi connectivity index (χ2v) is 6.71. The van der Waals surface area contributed by atoms with Crippen molar-refractivity contribution in [3.63, 3.8) is 0 Å². The zero-order chi connectivity index (χ0) is 14.8. The number of rotatable bonds is 5. The van der Waals surface area contributed by atoms with E-state index in [4.69, 9.17) is 15.8 Å². The molecule has 0 bridgehead atoms. The van der Waals surface area contributed by atoms with Crippen LogP contribution in [0.3, 0.4) is 0 Å². The molecule has 108 valence electrons. The molecule has 1 rings (SSSR count). The fraction of sp³-hybridized carbons (Fsp3) is 0.500. The molecule has 5 nitrogen and oxygen atoms in total. The Bertz CT molecular complexity index is 518. The Kier molecular flexibility index (Phi) is 4.97. The van der Waals surface area contributed by atoms with Gasteiger partial charge in [0.25, 0.3) is 5.31 Å². The molecule has 0 heterocycles. The molecule has 0 radical (unpaired) electrons. The van der Waals surface area contributed by atoms with E-state index in [0.29, 0.717) is 0 Å². The smallest absolute Gasteiger partial charge is 0.254 e. The fourth-order valence-electron chi connectivity index (χ4n) is 1.44. The van der Waals surface area contributed by atoms with Crippen LogP contribution in [0.5, 0.6) is 0 Å². The summed E-state index contributed by atoms with van der Waals surface area (Å²) in [7, 11) is 2.61. The molecule has 0 N–H and O–H groups in total. The highest BCUT2D eigenvalue weighted by atomic mass is 35.5. The van der Waals surface area contributed by atoms with Crippen molar-refractivity contribution in [2.75, 3.05) is 28.2 Å². The van der Waals surface area contributed by atoms with Gasteiger partial charge in [-0.2, -0.15) is 8.42 Å². The second kappa shape index (κ2) is 5.76. The maximum Gasteiger partial charge on any atom is 0.300 e. The minimum Gasteiger partial charge on any atom is -0.254 e. The summed E-state index contributed by atoms with van der Waals surface area (Å²) in [5.41, 5.74) is 0.969. The number of aryl methyl sites for hydroxylation is 1. The number of nitrogens with zero attached hydrogens (tertiary/aromatic N) is 2. The van der Waals surface area contributed by atoms with Crippen LogP contribution in [0.2, 0.25) is 0 Å². The van der Waals surface area contributed by atoms with Gasteiger partial charge in [0.05, 0.1) is 4.90 Å². The van der Waals surface area contributed by atoms with Crippen LogP contribution in [-0.4, -0.2) is 51.7 Å². The summed E-state index contributed by atoms with van der Waals surface area (Å²) in [4.78, 5) is 3.02. The monoisotopic (exact) mass is 306 g/mol. The molecule has 0 saturated carbocycles. The summed E-state index contributed by atoms with van der Waals surface area (Å²) in [6, 6.07) is 6.40. The van der Waals surface area contributed by atoms with Crippen molar-refractivity contribution in [3.05, 3.63) is 29.8 Å². The van der Waals surface area contributed by atoms with Crippen LogP contribution in [0.25, 0.3) is 0 Å². The summed E-state index contributed by atoms with van der Waals surface area (Å²) in [5.74, 6) is 0. The Balaban J connectivity index is 3.12. The molecule has 0 spiro atoms. The van der Waals surface area contributed by atoms with Gasteiger partial charge >= 0.3 is 10.1 Å². The van der Waals surface area contributed by atoms with Gasteiger partial charge in [0.15, 0.2) is 0 Å². The molecule has 19 heavy (non-hydrogen) atoms. The van der Waals surface area contributed by atoms with Crippen molar-refractivity contribution in [1.29, 1.82) is 0 Å². The molecule has 0 aliphatic heterocycles. The largest absolute Gasteiger partial charge is 0.300 e. The third-order valence-corrected chi connectivity index (χ3v) is 4.77. The lowest BCUT2D eigenvalue weighted by Crippen LogP contribution is -2.53. The summed E-state index contributed by atoms with van der Waals surface area (Å²) in [6.45, 7) is 1.88. The highest BCUT2D eigenvalue weighted by Gasteiger charge is 2.40. The van der Waals surface area contributed by atoms with Crippen molar-refractivity contribution in [3.8, 4) is 0 Å². The van der Waals surface area contributed by atoms with Crippen molar-refractivity contribution in [2.45, 2.75) is 17.1 Å². The Morgan fingerprint density at radius 2 is 1.47 bits per heavy atom. The minimum atomic E-state index is -3.94. The van der Waals surface area contributed by atoms with Crippen molar-refractivity contribution >= 4 is 21.7 Å². The average Bonchev–Trinajstić information content (AvgIpc) is 2.28. The van der Waals surface area contributed by atoms with Crippen molar-refractivity contribution < 1.29 is 12.6 Å². The van der Waals surface area contributed by atoms with E-state index in [2.05, 4.69) is 0 Å². The number of hydrogen-bond donors (Lipinski definition) is 0. The fourth-order valence-corrected chi connectivity index (χ4v) is 2.83. The van der Waals surface area contributed by atoms with Crippen molar-refractivity contribution in [1.82, 2.24) is 9.80 Å². The molecular formula is C12H19ClN2O3S. The predicted octanol–water partition coefficient (Wildman–Crippen LogP) is 1.67. The summed E-state index contributed by atoms with van der Waals surface area (Å²) in [5, 5.41) is -1.57. The third kappa shape index (κ3) is 3.67. The Morgan fingerprint density at radius 1 is 1.05 bits per heavy atom. The number of alkyl halides is 1. The van der Waals surface area contributed by atoms with Gasteiger partial charge in [-0.05, 0) is 47.2 Å². The van der Waals surface area contributed by atoms with Crippen LogP contribution < -0.4 is 0 Å². The third-order valence-electron chi connectivity index (χ3n) is 2.63. The molecule has 0 unspecified atom stereocenters. The zero-order valence-corrected chi connectivity index (χ0v) is 13.3. The molecule has 1 aromatic rings. The van der Waals surface area contributed by atoms with Crippen LogP contribution in [-0.2, 0) is 14.3 Å². The van der Waals surface area contributed by atoms with E-state index >= 15 is 0 Å². The summed E-state index contributed by atoms with van der Waals surface area (Å²) < 4.78 is 29.6. The number of benzene rings is 1. The predicted molar refractivity (Wildman–Crippen MR) is 75.4 cm³/mol. The van der Waals surface area contributed by atoms with Gasteiger partial charge in [-0.1, -0.05) is 29.3 Å². The lowest BCUT2D eigenvalue weighted by molar-refractivity contribution is -0.0819. The van der Waals surface area contributed by atoms with Crippen LogP contribution in [0, 0.1) is 6.92 Å². The number of halogens is 1. The molecular weight excluding hydrogens is 288 g/mol. The van der Waals surface area contributed by atoms with Crippen LogP contribution >= 0.6 is 11.6 Å². The normalized spacial score (nSPS) is 13.3. The SMILES string of the molecule is Cc1ccc(S(=O)(=O)OC(Cl)(N(C)C)N(C)C)cc1. The van der Waals surface area contributed by atoms with Gasteiger partial charge in [-0.25, -0.2) is 4.18 Å². The lowest BCUT2D eigenvalue weighted by atomic mass is 10.2. The first kappa shape index (κ1) is 16.4. The standard InChI is InChI=1S/C12H19ClN2O3S/c1-10-6-8-11(9-7-10)19(16,17)18-12(13,14(2)3)15(4)5/h6-9H,1-5H3. The molecule has 0 saturated heterocycles. The molecule has 7 heteroatoms. The van der Waals surface area contributed by atoms with E-state index in [1.54, 1.807) is 40.3 Å². The molecule has 0 aliphatic carbocycles. The van der Waals surface area contributed by atoms with Crippen LogP contribution in [0.15, 0.2) is 29.2 Å². The quantitative estimate of drug-likeness (QED) is 0.358. The Labute approximate surface area is 119 Å². The maximum atomic E-state index is 12.2. The molecule has 0 aliphatic rings. The first-order valence-corrected chi connectivity index (χ1v) is 7.44. The molecule has 1 aromatic carbocycles. The molecule has 0 atom stereocenters. The van der Waals surface area contributed by atoms with E-state index in [1.165, 1.54) is 21.9 Å².